The second-order valence-corrected chi connectivity index (χ2v) is 17.2. The summed E-state index contributed by atoms with van der Waals surface area (Å²) in [5.74, 6) is 0.235. The largest absolute Gasteiger partial charge is 0.163 e. The second kappa shape index (κ2) is 19.7. The maximum atomic E-state index is 4.93. The van der Waals surface area contributed by atoms with Gasteiger partial charge in [0.2, 0.25) is 0 Å². The summed E-state index contributed by atoms with van der Waals surface area (Å²) in [6.07, 6.45) is 0. The summed E-state index contributed by atoms with van der Waals surface area (Å²) in [5.41, 5.74) is 11.9. The average molecular weight is 797 g/mol. The maximum Gasteiger partial charge on any atom is 0.0164 e. The minimum absolute atomic E-state index is 0.235. The van der Waals surface area contributed by atoms with Gasteiger partial charge >= 0.3 is 37.9 Å². The van der Waals surface area contributed by atoms with Crippen LogP contribution in [0.2, 0.25) is 13.1 Å². The van der Waals surface area contributed by atoms with Crippen molar-refractivity contribution in [2.24, 2.45) is 0 Å². The van der Waals surface area contributed by atoms with Crippen LogP contribution < -0.4 is 0 Å². The molecule has 8 aromatic rings. The van der Waals surface area contributed by atoms with Crippen molar-refractivity contribution in [1.82, 2.24) is 0 Å². The molecule has 0 unspecified atom stereocenters. The SMILES string of the molecule is C[Si]C.Cc1cc2c(-c3ccccc3)ccc(C)c2[cH-]1.[Cl][Zr+2][Cl].c1ccc(-c2cccc3[cH-]c(C(c4ccccc4)c4ccccc4)cc23)cc1. The summed E-state index contributed by atoms with van der Waals surface area (Å²) in [6.45, 7) is 8.64. The molecule has 0 nitrogen and oxygen atoms in total. The molecule has 0 saturated heterocycles. The summed E-state index contributed by atoms with van der Waals surface area (Å²) in [6, 6.07) is 63.2. The number of hydrogen-bond acceptors (Lipinski definition) is 0. The Hall–Kier alpha value is -3.78. The molecule has 0 atom stereocenters. The van der Waals surface area contributed by atoms with Gasteiger partial charge in [-0.05, 0) is 22.3 Å². The molecule has 51 heavy (non-hydrogen) atoms. The molecule has 0 aliphatic heterocycles. The molecule has 0 fully saturated rings. The van der Waals surface area contributed by atoms with E-state index in [1.807, 2.05) is 0 Å². The molecule has 0 spiro atoms. The van der Waals surface area contributed by atoms with Crippen molar-refractivity contribution in [3.8, 4) is 22.3 Å². The third kappa shape index (κ3) is 9.97. The van der Waals surface area contributed by atoms with Crippen LogP contribution in [-0.2, 0) is 20.8 Å². The average Bonchev–Trinajstić information content (AvgIpc) is 3.78. The summed E-state index contributed by atoms with van der Waals surface area (Å²) >= 11 is -0.826. The molecule has 0 bridgehead atoms. The van der Waals surface area contributed by atoms with E-state index in [0.29, 0.717) is 0 Å². The quantitative estimate of drug-likeness (QED) is 0.120. The van der Waals surface area contributed by atoms with E-state index in [0.717, 1.165) is 9.52 Å². The number of rotatable bonds is 5. The van der Waals surface area contributed by atoms with Crippen LogP contribution >= 0.6 is 17.0 Å². The van der Waals surface area contributed by atoms with Gasteiger partial charge in [0.05, 0.1) is 0 Å². The molecule has 2 radical (unpaired) electrons. The Morgan fingerprint density at radius 2 is 1.00 bits per heavy atom. The third-order valence-corrected chi connectivity index (χ3v) is 8.79. The first-order valence-corrected chi connectivity index (χ1v) is 25.4. The molecule has 0 amide bonds. The van der Waals surface area contributed by atoms with Crippen LogP contribution in [0.25, 0.3) is 43.8 Å². The van der Waals surface area contributed by atoms with Crippen LogP contribution in [0.3, 0.4) is 0 Å². The number of fused-ring (bicyclic) bond motifs is 2. The summed E-state index contributed by atoms with van der Waals surface area (Å²) in [4.78, 5) is 0. The van der Waals surface area contributed by atoms with E-state index in [1.54, 1.807) is 0 Å². The van der Waals surface area contributed by atoms with Crippen molar-refractivity contribution in [1.29, 1.82) is 0 Å². The van der Waals surface area contributed by atoms with E-state index in [4.69, 9.17) is 17.0 Å². The van der Waals surface area contributed by atoms with E-state index in [1.165, 1.54) is 71.6 Å². The van der Waals surface area contributed by atoms with E-state index in [-0.39, 0.29) is 5.92 Å². The van der Waals surface area contributed by atoms with Crippen molar-refractivity contribution < 1.29 is 20.8 Å². The first-order valence-electron chi connectivity index (χ1n) is 17.1. The number of benzene rings is 6. The fourth-order valence-electron chi connectivity index (χ4n) is 6.62. The molecular formula is C47H42Cl2SiZr. The molecule has 8 rings (SSSR count). The van der Waals surface area contributed by atoms with Gasteiger partial charge in [-0.1, -0.05) is 172 Å². The smallest absolute Gasteiger partial charge is 0.0164 e. The van der Waals surface area contributed by atoms with Crippen LogP contribution in [0.5, 0.6) is 0 Å². The van der Waals surface area contributed by atoms with Crippen LogP contribution in [0.4, 0.5) is 0 Å². The van der Waals surface area contributed by atoms with Gasteiger partial charge in [0, 0.05) is 15.4 Å². The molecule has 0 saturated carbocycles. The van der Waals surface area contributed by atoms with Gasteiger partial charge < -0.3 is 0 Å². The predicted octanol–water partition coefficient (Wildman–Crippen LogP) is 14.4. The van der Waals surface area contributed by atoms with Crippen LogP contribution in [-0.4, -0.2) is 9.52 Å². The Labute approximate surface area is 325 Å². The van der Waals surface area contributed by atoms with Crippen molar-refractivity contribution in [2.45, 2.75) is 32.9 Å². The maximum absolute atomic E-state index is 4.93. The van der Waals surface area contributed by atoms with Crippen molar-refractivity contribution >= 4 is 48.1 Å². The number of aryl methyl sites for hydroxylation is 2. The minimum atomic E-state index is -0.826. The van der Waals surface area contributed by atoms with Crippen LogP contribution in [0.15, 0.2) is 176 Å². The fraction of sp³-hybridized carbons (Fsp3) is 0.106. The zero-order valence-corrected chi connectivity index (χ0v) is 34.5. The number of hydrogen-bond donors (Lipinski definition) is 0. The fourth-order valence-corrected chi connectivity index (χ4v) is 6.62. The van der Waals surface area contributed by atoms with Crippen molar-refractivity contribution in [3.63, 3.8) is 0 Å². The van der Waals surface area contributed by atoms with Gasteiger partial charge in [-0.3, -0.25) is 0 Å². The monoisotopic (exact) mass is 794 g/mol. The van der Waals surface area contributed by atoms with Crippen molar-refractivity contribution in [3.05, 3.63) is 204 Å². The van der Waals surface area contributed by atoms with E-state index < -0.39 is 20.8 Å². The van der Waals surface area contributed by atoms with Crippen molar-refractivity contribution in [2.75, 3.05) is 0 Å². The Kier molecular flexibility index (Phi) is 14.9. The van der Waals surface area contributed by atoms with Gasteiger partial charge in [0.25, 0.3) is 0 Å². The van der Waals surface area contributed by atoms with Gasteiger partial charge in [0.1, 0.15) is 0 Å². The summed E-state index contributed by atoms with van der Waals surface area (Å²) in [7, 11) is 11.0. The molecule has 8 aromatic carbocycles. The van der Waals surface area contributed by atoms with E-state index in [2.05, 4.69) is 203 Å². The van der Waals surface area contributed by atoms with Gasteiger partial charge in [-0.2, -0.15) is 12.1 Å². The molecule has 4 heteroatoms. The first kappa shape index (κ1) is 38.5. The molecule has 0 aliphatic carbocycles. The predicted molar refractivity (Wildman–Crippen MR) is 222 cm³/mol. The molecule has 0 N–H and O–H groups in total. The molecule has 0 aliphatic rings. The van der Waals surface area contributed by atoms with Crippen LogP contribution in [0, 0.1) is 13.8 Å². The van der Waals surface area contributed by atoms with Gasteiger partial charge in [-0.25, -0.2) is 0 Å². The van der Waals surface area contributed by atoms with Crippen LogP contribution in [0.1, 0.15) is 33.7 Å². The standard InChI is InChI=1S/C28H21.C17H15.C2H6Si.2ClH.Zr/c1-4-11-21(12-5-1)26-18-10-17-24-19-25(20-27(24)26)28(22-13-6-2-7-14-22)23-15-8-3-9-16-23;1-12-10-16-13(2)8-9-15(17(16)11-12)14-6-4-3-5-7-14;1-3-2;;;/h1-20,28H;3-11H,1-2H3;1-2H3;2*1H;/q2*-1;;;;+4/p-2. The zero-order chi connectivity index (χ0) is 36.0. The van der Waals surface area contributed by atoms with E-state index >= 15 is 0 Å². The normalized spacial score (nSPS) is 10.3. The first-order chi connectivity index (χ1) is 25.0. The summed E-state index contributed by atoms with van der Waals surface area (Å²) < 4.78 is 0. The topological polar surface area (TPSA) is 0 Å². The molecule has 0 aromatic heterocycles. The Balaban J connectivity index is 0.000000186. The third-order valence-electron chi connectivity index (χ3n) is 8.79. The molecule has 0 heterocycles. The Bertz CT molecular complexity index is 2160. The van der Waals surface area contributed by atoms with Gasteiger partial charge in [0.15, 0.2) is 0 Å². The zero-order valence-electron chi connectivity index (χ0n) is 29.6. The number of halogens is 2. The van der Waals surface area contributed by atoms with Gasteiger partial charge in [-0.15, -0.1) is 68.6 Å². The Morgan fingerprint density at radius 3 is 1.51 bits per heavy atom. The second-order valence-electron chi connectivity index (χ2n) is 12.4. The molecule has 252 valence electrons. The summed E-state index contributed by atoms with van der Waals surface area (Å²) in [5, 5.41) is 5.37. The Morgan fingerprint density at radius 1 is 0.529 bits per heavy atom. The van der Waals surface area contributed by atoms with E-state index in [9.17, 15) is 0 Å². The minimum Gasteiger partial charge on any atom is -0.163 e. The molecular weight excluding hydrogens is 755 g/mol.